The molecule has 0 bridgehead atoms. The molecule has 1 amide bonds. The lowest BCUT2D eigenvalue weighted by Crippen LogP contribution is -2.26. The monoisotopic (exact) mass is 345 g/mol. The Morgan fingerprint density at radius 3 is 2.73 bits per heavy atom. The standard InChI is InChI=1S/C20H19N5O/c1-13-14(2)24-18-11-15(6-7-17(18)23-13)20(26)21-9-8-19-22-12-16-5-3-4-10-25(16)19/h3-7,10-12H,8-9H2,1-2H3,(H,21,26). The first-order valence-electron chi connectivity index (χ1n) is 8.56. The first-order valence-corrected chi connectivity index (χ1v) is 8.56. The molecule has 130 valence electrons. The number of aromatic nitrogens is 4. The van der Waals surface area contributed by atoms with Crippen molar-refractivity contribution in [3.8, 4) is 0 Å². The van der Waals surface area contributed by atoms with Crippen LogP contribution in [0.5, 0.6) is 0 Å². The van der Waals surface area contributed by atoms with Crippen molar-refractivity contribution in [1.29, 1.82) is 0 Å². The molecule has 0 aliphatic carbocycles. The van der Waals surface area contributed by atoms with Gasteiger partial charge in [-0.15, -0.1) is 0 Å². The average molecular weight is 345 g/mol. The molecule has 0 radical (unpaired) electrons. The maximum absolute atomic E-state index is 12.4. The van der Waals surface area contributed by atoms with Crippen molar-refractivity contribution in [1.82, 2.24) is 24.7 Å². The number of imidazole rings is 1. The van der Waals surface area contributed by atoms with E-state index in [-0.39, 0.29) is 5.91 Å². The fourth-order valence-corrected chi connectivity index (χ4v) is 2.95. The lowest BCUT2D eigenvalue weighted by molar-refractivity contribution is 0.0954. The van der Waals surface area contributed by atoms with Crippen LogP contribution in [-0.4, -0.2) is 31.8 Å². The van der Waals surface area contributed by atoms with Crippen molar-refractivity contribution in [2.45, 2.75) is 20.3 Å². The molecule has 26 heavy (non-hydrogen) atoms. The van der Waals surface area contributed by atoms with Crippen molar-refractivity contribution >= 4 is 22.5 Å². The van der Waals surface area contributed by atoms with Gasteiger partial charge in [0.15, 0.2) is 0 Å². The summed E-state index contributed by atoms with van der Waals surface area (Å²) in [7, 11) is 0. The van der Waals surface area contributed by atoms with Crippen LogP contribution in [0, 0.1) is 13.8 Å². The van der Waals surface area contributed by atoms with Gasteiger partial charge in [-0.1, -0.05) is 6.07 Å². The summed E-state index contributed by atoms with van der Waals surface area (Å²) < 4.78 is 2.03. The van der Waals surface area contributed by atoms with Gasteiger partial charge in [0.1, 0.15) is 5.82 Å². The van der Waals surface area contributed by atoms with Gasteiger partial charge in [0, 0.05) is 24.7 Å². The van der Waals surface area contributed by atoms with E-state index < -0.39 is 0 Å². The van der Waals surface area contributed by atoms with Crippen molar-refractivity contribution in [3.63, 3.8) is 0 Å². The third-order valence-electron chi connectivity index (χ3n) is 4.49. The van der Waals surface area contributed by atoms with Gasteiger partial charge in [0.25, 0.3) is 5.91 Å². The number of amides is 1. The number of carbonyl (C=O) groups excluding carboxylic acids is 1. The number of fused-ring (bicyclic) bond motifs is 2. The van der Waals surface area contributed by atoms with E-state index in [2.05, 4.69) is 20.3 Å². The molecule has 1 N–H and O–H groups in total. The summed E-state index contributed by atoms with van der Waals surface area (Å²) in [5, 5.41) is 2.95. The Morgan fingerprint density at radius 1 is 1.08 bits per heavy atom. The van der Waals surface area contributed by atoms with Crippen LogP contribution in [0.15, 0.2) is 48.8 Å². The summed E-state index contributed by atoms with van der Waals surface area (Å²) >= 11 is 0. The molecular weight excluding hydrogens is 326 g/mol. The van der Waals surface area contributed by atoms with Gasteiger partial charge >= 0.3 is 0 Å². The van der Waals surface area contributed by atoms with E-state index in [1.807, 2.05) is 54.9 Å². The molecule has 1 aromatic carbocycles. The number of nitrogens with one attached hydrogen (secondary N) is 1. The Morgan fingerprint density at radius 2 is 1.88 bits per heavy atom. The highest BCUT2D eigenvalue weighted by Gasteiger charge is 2.09. The molecule has 3 aromatic heterocycles. The van der Waals surface area contributed by atoms with E-state index in [4.69, 9.17) is 0 Å². The highest BCUT2D eigenvalue weighted by molar-refractivity contribution is 5.97. The van der Waals surface area contributed by atoms with Gasteiger partial charge in [0.05, 0.1) is 34.1 Å². The van der Waals surface area contributed by atoms with Crippen LogP contribution in [0.1, 0.15) is 27.6 Å². The van der Waals surface area contributed by atoms with Gasteiger partial charge in [-0.25, -0.2) is 15.0 Å². The first-order chi connectivity index (χ1) is 12.6. The van der Waals surface area contributed by atoms with Gasteiger partial charge < -0.3 is 9.72 Å². The fourth-order valence-electron chi connectivity index (χ4n) is 2.95. The van der Waals surface area contributed by atoms with Crippen LogP contribution >= 0.6 is 0 Å². The molecule has 0 spiro atoms. The number of rotatable bonds is 4. The molecule has 6 nitrogen and oxygen atoms in total. The summed E-state index contributed by atoms with van der Waals surface area (Å²) in [5.41, 5.74) is 4.95. The smallest absolute Gasteiger partial charge is 0.251 e. The van der Waals surface area contributed by atoms with E-state index in [1.54, 1.807) is 12.1 Å². The number of hydrogen-bond acceptors (Lipinski definition) is 4. The molecule has 0 atom stereocenters. The van der Waals surface area contributed by atoms with Crippen LogP contribution in [0.25, 0.3) is 16.6 Å². The molecule has 6 heteroatoms. The Bertz CT molecular complexity index is 1120. The van der Waals surface area contributed by atoms with E-state index in [0.29, 0.717) is 18.5 Å². The molecule has 0 aliphatic rings. The van der Waals surface area contributed by atoms with E-state index in [1.165, 1.54) is 0 Å². The summed E-state index contributed by atoms with van der Waals surface area (Å²) in [6.45, 7) is 4.37. The fraction of sp³-hybridized carbons (Fsp3) is 0.200. The summed E-state index contributed by atoms with van der Waals surface area (Å²) in [4.78, 5) is 25.9. The second kappa shape index (κ2) is 6.55. The second-order valence-corrected chi connectivity index (χ2v) is 6.27. The lowest BCUT2D eigenvalue weighted by atomic mass is 10.1. The maximum atomic E-state index is 12.4. The largest absolute Gasteiger partial charge is 0.352 e. The minimum Gasteiger partial charge on any atom is -0.352 e. The third kappa shape index (κ3) is 3.01. The van der Waals surface area contributed by atoms with Crippen molar-refractivity contribution < 1.29 is 4.79 Å². The maximum Gasteiger partial charge on any atom is 0.251 e. The van der Waals surface area contributed by atoms with E-state index in [0.717, 1.165) is 33.8 Å². The topological polar surface area (TPSA) is 72.2 Å². The Labute approximate surface area is 150 Å². The number of nitrogens with zero attached hydrogens (tertiary/aromatic N) is 4. The van der Waals surface area contributed by atoms with Gasteiger partial charge in [-0.2, -0.15) is 0 Å². The zero-order chi connectivity index (χ0) is 18.1. The Hall–Kier alpha value is -3.28. The predicted molar refractivity (Wildman–Crippen MR) is 100 cm³/mol. The van der Waals surface area contributed by atoms with E-state index in [9.17, 15) is 4.79 Å². The lowest BCUT2D eigenvalue weighted by Gasteiger charge is -2.07. The van der Waals surface area contributed by atoms with Crippen molar-refractivity contribution in [3.05, 3.63) is 71.6 Å². The number of benzene rings is 1. The molecule has 3 heterocycles. The molecule has 0 unspecified atom stereocenters. The Kier molecular flexibility index (Phi) is 4.08. The SMILES string of the molecule is Cc1nc2ccc(C(=O)NCCc3ncc4ccccn34)cc2nc1C. The molecule has 4 rings (SSSR count). The highest BCUT2D eigenvalue weighted by atomic mass is 16.1. The van der Waals surface area contributed by atoms with Gasteiger partial charge in [0.2, 0.25) is 0 Å². The summed E-state index contributed by atoms with van der Waals surface area (Å²) in [6.07, 6.45) is 4.48. The number of pyridine rings is 1. The van der Waals surface area contributed by atoms with Crippen molar-refractivity contribution in [2.24, 2.45) is 0 Å². The number of hydrogen-bond donors (Lipinski definition) is 1. The summed E-state index contributed by atoms with van der Waals surface area (Å²) in [6, 6.07) is 11.4. The zero-order valence-corrected chi connectivity index (χ0v) is 14.7. The molecule has 0 fully saturated rings. The highest BCUT2D eigenvalue weighted by Crippen LogP contribution is 2.14. The second-order valence-electron chi connectivity index (χ2n) is 6.27. The van der Waals surface area contributed by atoms with Crippen LogP contribution in [0.2, 0.25) is 0 Å². The van der Waals surface area contributed by atoms with Crippen molar-refractivity contribution in [2.75, 3.05) is 6.54 Å². The van der Waals surface area contributed by atoms with Crippen LogP contribution in [0.3, 0.4) is 0 Å². The molecular formula is C20H19N5O. The van der Waals surface area contributed by atoms with Crippen LogP contribution in [-0.2, 0) is 6.42 Å². The van der Waals surface area contributed by atoms with E-state index >= 15 is 0 Å². The number of aryl methyl sites for hydroxylation is 2. The molecule has 0 saturated heterocycles. The van der Waals surface area contributed by atoms with Crippen LogP contribution in [0.4, 0.5) is 0 Å². The van der Waals surface area contributed by atoms with Gasteiger partial charge in [-0.05, 0) is 44.2 Å². The molecule has 4 aromatic rings. The quantitative estimate of drug-likeness (QED) is 0.617. The summed E-state index contributed by atoms with van der Waals surface area (Å²) in [5.74, 6) is 0.809. The van der Waals surface area contributed by atoms with Crippen LogP contribution < -0.4 is 5.32 Å². The first kappa shape index (κ1) is 16.2. The predicted octanol–water partition coefficient (Wildman–Crippen LogP) is 2.87. The van der Waals surface area contributed by atoms with Gasteiger partial charge in [-0.3, -0.25) is 4.79 Å². The molecule has 0 aliphatic heterocycles. The number of carbonyl (C=O) groups is 1. The minimum absolute atomic E-state index is 0.118. The Balaban J connectivity index is 1.46. The average Bonchev–Trinajstić information content (AvgIpc) is 3.05. The third-order valence-corrected chi connectivity index (χ3v) is 4.49. The minimum atomic E-state index is -0.118. The normalized spacial score (nSPS) is 11.2. The molecule has 0 saturated carbocycles. The zero-order valence-electron chi connectivity index (χ0n) is 14.7.